The molecule has 1 aromatic heterocycles. The zero-order chi connectivity index (χ0) is 22.3. The SMILES string of the molecule is O=C(CSc1nc2ccccc2n1Cc1ccccc1)N/N=C/c1ccccc1C(=O)O. The van der Waals surface area contributed by atoms with Crippen LogP contribution in [0, 0.1) is 0 Å². The first-order valence-corrected chi connectivity index (χ1v) is 10.9. The summed E-state index contributed by atoms with van der Waals surface area (Å²) in [5, 5.41) is 13.9. The van der Waals surface area contributed by atoms with Crippen LogP contribution < -0.4 is 5.43 Å². The molecule has 0 saturated heterocycles. The molecule has 1 heterocycles. The number of carbonyl (C=O) groups is 2. The third kappa shape index (κ3) is 5.04. The minimum Gasteiger partial charge on any atom is -0.478 e. The van der Waals surface area contributed by atoms with Crippen molar-refractivity contribution in [2.75, 3.05) is 5.75 Å². The monoisotopic (exact) mass is 444 g/mol. The molecule has 4 rings (SSSR count). The molecule has 32 heavy (non-hydrogen) atoms. The molecule has 4 aromatic rings. The fourth-order valence-electron chi connectivity index (χ4n) is 3.22. The molecule has 7 nitrogen and oxygen atoms in total. The van der Waals surface area contributed by atoms with Crippen LogP contribution in [0.25, 0.3) is 11.0 Å². The van der Waals surface area contributed by atoms with E-state index in [-0.39, 0.29) is 17.2 Å². The summed E-state index contributed by atoms with van der Waals surface area (Å²) in [4.78, 5) is 28.2. The Labute approximate surface area is 188 Å². The number of hydrogen-bond acceptors (Lipinski definition) is 5. The number of hydrogen-bond donors (Lipinski definition) is 2. The van der Waals surface area contributed by atoms with Gasteiger partial charge < -0.3 is 9.67 Å². The average Bonchev–Trinajstić information content (AvgIpc) is 3.16. The largest absolute Gasteiger partial charge is 0.478 e. The molecule has 0 atom stereocenters. The van der Waals surface area contributed by atoms with E-state index in [0.29, 0.717) is 12.1 Å². The number of aromatic carboxylic acids is 1. The van der Waals surface area contributed by atoms with Crippen LogP contribution >= 0.6 is 11.8 Å². The summed E-state index contributed by atoms with van der Waals surface area (Å²) in [7, 11) is 0. The summed E-state index contributed by atoms with van der Waals surface area (Å²) in [6.45, 7) is 0.648. The molecule has 160 valence electrons. The first kappa shape index (κ1) is 21.3. The predicted molar refractivity (Wildman–Crippen MR) is 125 cm³/mol. The molecule has 0 saturated carbocycles. The highest BCUT2D eigenvalue weighted by Gasteiger charge is 2.13. The Morgan fingerprint density at radius 1 is 1.00 bits per heavy atom. The Bertz CT molecular complexity index is 1280. The molecule has 2 N–H and O–H groups in total. The molecule has 0 spiro atoms. The van der Waals surface area contributed by atoms with Crippen LogP contribution in [0.4, 0.5) is 0 Å². The number of nitrogens with zero attached hydrogens (tertiary/aromatic N) is 3. The Hall–Kier alpha value is -3.91. The maximum Gasteiger partial charge on any atom is 0.336 e. The van der Waals surface area contributed by atoms with E-state index >= 15 is 0 Å². The molecule has 0 aliphatic carbocycles. The zero-order valence-electron chi connectivity index (χ0n) is 17.0. The number of hydrazone groups is 1. The molecular formula is C24H20N4O3S. The number of rotatable bonds is 8. The topological polar surface area (TPSA) is 96.6 Å². The maximum atomic E-state index is 12.3. The molecule has 3 aromatic carbocycles. The van der Waals surface area contributed by atoms with Gasteiger partial charge in [-0.15, -0.1) is 0 Å². The fraction of sp³-hybridized carbons (Fsp3) is 0.0833. The first-order valence-electron chi connectivity index (χ1n) is 9.88. The van der Waals surface area contributed by atoms with Crippen LogP contribution in [-0.2, 0) is 11.3 Å². The van der Waals surface area contributed by atoms with Gasteiger partial charge in [0.05, 0.1) is 35.1 Å². The van der Waals surface area contributed by atoms with Crippen LogP contribution in [0.1, 0.15) is 21.5 Å². The molecule has 0 fully saturated rings. The number of imidazole rings is 1. The second-order valence-electron chi connectivity index (χ2n) is 6.93. The van der Waals surface area contributed by atoms with Gasteiger partial charge in [-0.1, -0.05) is 72.4 Å². The summed E-state index contributed by atoms with van der Waals surface area (Å²) >= 11 is 1.33. The third-order valence-electron chi connectivity index (χ3n) is 4.72. The van der Waals surface area contributed by atoms with Crippen LogP contribution in [-0.4, -0.2) is 38.5 Å². The number of fused-ring (bicyclic) bond motifs is 1. The van der Waals surface area contributed by atoms with Gasteiger partial charge in [-0.05, 0) is 23.8 Å². The number of thioether (sulfide) groups is 1. The number of carboxylic acid groups (broad SMARTS) is 1. The van der Waals surface area contributed by atoms with Gasteiger partial charge in [0.15, 0.2) is 5.16 Å². The van der Waals surface area contributed by atoms with Crippen molar-refractivity contribution in [1.82, 2.24) is 15.0 Å². The highest BCUT2D eigenvalue weighted by atomic mass is 32.2. The number of benzene rings is 3. The summed E-state index contributed by atoms with van der Waals surface area (Å²) < 4.78 is 2.09. The maximum absolute atomic E-state index is 12.3. The Kier molecular flexibility index (Phi) is 6.62. The average molecular weight is 445 g/mol. The minimum atomic E-state index is -1.05. The standard InChI is InChI=1S/C24H20N4O3S/c29-22(27-25-14-18-10-4-5-11-19(18)23(30)31)16-32-24-26-20-12-6-7-13-21(20)28(24)15-17-8-2-1-3-9-17/h1-14H,15-16H2,(H,27,29)(H,30,31)/b25-14+. The fourth-order valence-corrected chi connectivity index (χ4v) is 4.03. The van der Waals surface area contributed by atoms with Crippen LogP contribution in [0.5, 0.6) is 0 Å². The summed E-state index contributed by atoms with van der Waals surface area (Å²) in [6.07, 6.45) is 1.33. The van der Waals surface area contributed by atoms with E-state index in [0.717, 1.165) is 21.8 Å². The van der Waals surface area contributed by atoms with Crippen molar-refractivity contribution >= 4 is 40.9 Å². The van der Waals surface area contributed by atoms with Gasteiger partial charge in [-0.2, -0.15) is 5.10 Å². The molecule has 0 aliphatic rings. The van der Waals surface area contributed by atoms with Crippen LogP contribution in [0.3, 0.4) is 0 Å². The highest BCUT2D eigenvalue weighted by Crippen LogP contribution is 2.25. The van der Waals surface area contributed by atoms with E-state index in [1.165, 1.54) is 24.0 Å². The van der Waals surface area contributed by atoms with Gasteiger partial charge in [0.25, 0.3) is 5.91 Å². The smallest absolute Gasteiger partial charge is 0.336 e. The summed E-state index contributed by atoms with van der Waals surface area (Å²) in [5.41, 5.74) is 6.00. The summed E-state index contributed by atoms with van der Waals surface area (Å²) in [6, 6.07) is 24.4. The van der Waals surface area contributed by atoms with E-state index in [9.17, 15) is 14.7 Å². The van der Waals surface area contributed by atoms with Crippen molar-refractivity contribution in [3.63, 3.8) is 0 Å². The van der Waals surface area contributed by atoms with E-state index < -0.39 is 5.97 Å². The second-order valence-corrected chi connectivity index (χ2v) is 7.87. The quantitative estimate of drug-likeness (QED) is 0.243. The first-order chi connectivity index (χ1) is 15.6. The minimum absolute atomic E-state index is 0.120. The number of carboxylic acids is 1. The molecule has 0 unspecified atom stereocenters. The van der Waals surface area contributed by atoms with Crippen molar-refractivity contribution in [2.24, 2.45) is 5.10 Å². The van der Waals surface area contributed by atoms with E-state index in [1.54, 1.807) is 18.2 Å². The van der Waals surface area contributed by atoms with Gasteiger partial charge >= 0.3 is 5.97 Å². The van der Waals surface area contributed by atoms with E-state index in [1.807, 2.05) is 42.5 Å². The molecule has 1 amide bonds. The van der Waals surface area contributed by atoms with Crippen molar-refractivity contribution in [1.29, 1.82) is 0 Å². The van der Waals surface area contributed by atoms with Gasteiger partial charge in [0.1, 0.15) is 0 Å². The van der Waals surface area contributed by atoms with Gasteiger partial charge in [0, 0.05) is 5.56 Å². The molecular weight excluding hydrogens is 424 g/mol. The Balaban J connectivity index is 1.44. The normalized spacial score (nSPS) is 11.1. The Morgan fingerprint density at radius 2 is 1.72 bits per heavy atom. The van der Waals surface area contributed by atoms with Crippen molar-refractivity contribution in [3.8, 4) is 0 Å². The second kappa shape index (κ2) is 9.93. The lowest BCUT2D eigenvalue weighted by Gasteiger charge is -2.09. The number of nitrogens with one attached hydrogen (secondary N) is 1. The van der Waals surface area contributed by atoms with Crippen molar-refractivity contribution in [2.45, 2.75) is 11.7 Å². The van der Waals surface area contributed by atoms with E-state index in [2.05, 4.69) is 32.2 Å². The Morgan fingerprint density at radius 3 is 2.53 bits per heavy atom. The number of amides is 1. The van der Waals surface area contributed by atoms with Gasteiger partial charge in [0.2, 0.25) is 0 Å². The van der Waals surface area contributed by atoms with Crippen molar-refractivity contribution in [3.05, 3.63) is 95.6 Å². The molecule has 8 heteroatoms. The molecule has 0 radical (unpaired) electrons. The summed E-state index contributed by atoms with van der Waals surface area (Å²) in [5.74, 6) is -1.24. The lowest BCUT2D eigenvalue weighted by atomic mass is 10.1. The number of para-hydroxylation sites is 2. The van der Waals surface area contributed by atoms with Crippen LogP contribution in [0.15, 0.2) is 89.1 Å². The molecule has 0 aliphatic heterocycles. The van der Waals surface area contributed by atoms with Gasteiger partial charge in [-0.3, -0.25) is 4.79 Å². The van der Waals surface area contributed by atoms with Crippen molar-refractivity contribution < 1.29 is 14.7 Å². The molecule has 0 bridgehead atoms. The predicted octanol–water partition coefficient (Wildman–Crippen LogP) is 4.03. The van der Waals surface area contributed by atoms with E-state index in [4.69, 9.17) is 0 Å². The zero-order valence-corrected chi connectivity index (χ0v) is 17.8. The lowest BCUT2D eigenvalue weighted by molar-refractivity contribution is -0.118. The van der Waals surface area contributed by atoms with Crippen LogP contribution in [0.2, 0.25) is 0 Å². The third-order valence-corrected chi connectivity index (χ3v) is 5.70. The lowest BCUT2D eigenvalue weighted by Crippen LogP contribution is -2.20. The number of carbonyl (C=O) groups excluding carboxylic acids is 1. The number of aromatic nitrogens is 2. The van der Waals surface area contributed by atoms with Gasteiger partial charge in [-0.25, -0.2) is 15.2 Å². The highest BCUT2D eigenvalue weighted by molar-refractivity contribution is 7.99.